The number of benzene rings is 1. The second-order valence-corrected chi connectivity index (χ2v) is 5.55. The molecule has 0 saturated carbocycles. The van der Waals surface area contributed by atoms with Gasteiger partial charge in [-0.3, -0.25) is 4.90 Å². The summed E-state index contributed by atoms with van der Waals surface area (Å²) < 4.78 is 28.6. The number of hydrogen-bond acceptors (Lipinski definition) is 2. The van der Waals surface area contributed by atoms with Gasteiger partial charge in [-0.1, -0.05) is 43.7 Å². The van der Waals surface area contributed by atoms with Crippen molar-refractivity contribution in [2.45, 2.75) is 38.2 Å². The van der Waals surface area contributed by atoms with Crippen molar-refractivity contribution in [3.05, 3.63) is 35.9 Å². The first-order valence-corrected chi connectivity index (χ1v) is 7.51. The van der Waals surface area contributed by atoms with Gasteiger partial charge in [0.2, 0.25) is 0 Å². The normalized spacial score (nSPS) is 20.3. The van der Waals surface area contributed by atoms with Gasteiger partial charge in [0.05, 0.1) is 6.54 Å². The van der Waals surface area contributed by atoms with Crippen molar-refractivity contribution in [2.24, 2.45) is 0 Å². The minimum atomic E-state index is -2.79. The van der Waals surface area contributed by atoms with Gasteiger partial charge in [0.25, 0.3) is 5.92 Å². The molecule has 0 spiro atoms. The van der Waals surface area contributed by atoms with Crippen molar-refractivity contribution in [1.29, 1.82) is 0 Å². The van der Waals surface area contributed by atoms with E-state index >= 15 is 0 Å². The first kappa shape index (κ1) is 15.4. The molecule has 20 heavy (non-hydrogen) atoms. The number of hydrogen-bond donors (Lipinski definition) is 1. The Morgan fingerprint density at radius 3 is 2.60 bits per heavy atom. The Labute approximate surface area is 120 Å². The van der Waals surface area contributed by atoms with Crippen LogP contribution in [0, 0.1) is 0 Å². The van der Waals surface area contributed by atoms with E-state index in [1.54, 1.807) is 18.2 Å². The van der Waals surface area contributed by atoms with Crippen molar-refractivity contribution in [2.75, 3.05) is 26.2 Å². The van der Waals surface area contributed by atoms with Gasteiger partial charge in [0.1, 0.15) is 0 Å². The molecule has 0 radical (unpaired) electrons. The third-order valence-electron chi connectivity index (χ3n) is 3.96. The lowest BCUT2D eigenvalue weighted by atomic mass is 10.0. The monoisotopic (exact) mass is 282 g/mol. The molecule has 0 aromatic heterocycles. The number of nitrogens with zero attached hydrogens (tertiary/aromatic N) is 1. The van der Waals surface area contributed by atoms with Crippen LogP contribution in [0.4, 0.5) is 8.78 Å². The molecule has 4 heteroatoms. The summed E-state index contributed by atoms with van der Waals surface area (Å²) in [5, 5.41) is 3.42. The van der Waals surface area contributed by atoms with Gasteiger partial charge in [-0.25, -0.2) is 0 Å². The highest BCUT2D eigenvalue weighted by Gasteiger charge is 2.34. The van der Waals surface area contributed by atoms with Crippen LogP contribution in [0.1, 0.15) is 31.7 Å². The molecule has 0 aliphatic carbocycles. The van der Waals surface area contributed by atoms with E-state index in [9.17, 15) is 8.78 Å². The first-order valence-electron chi connectivity index (χ1n) is 7.51. The Morgan fingerprint density at radius 2 is 2.00 bits per heavy atom. The zero-order valence-electron chi connectivity index (χ0n) is 12.1. The summed E-state index contributed by atoms with van der Waals surface area (Å²) in [5.41, 5.74) is 0.107. The van der Waals surface area contributed by atoms with Gasteiger partial charge >= 0.3 is 0 Å². The molecule has 1 N–H and O–H groups in total. The topological polar surface area (TPSA) is 15.3 Å². The van der Waals surface area contributed by atoms with Gasteiger partial charge in [-0.2, -0.15) is 8.78 Å². The van der Waals surface area contributed by atoms with E-state index < -0.39 is 5.92 Å². The van der Waals surface area contributed by atoms with Crippen LogP contribution in [0.2, 0.25) is 0 Å². The molecule has 2 nitrogen and oxygen atoms in total. The maximum Gasteiger partial charge on any atom is 0.285 e. The second kappa shape index (κ2) is 7.14. The third-order valence-corrected chi connectivity index (χ3v) is 3.96. The quantitative estimate of drug-likeness (QED) is 0.861. The largest absolute Gasteiger partial charge is 0.313 e. The van der Waals surface area contributed by atoms with Gasteiger partial charge < -0.3 is 5.32 Å². The van der Waals surface area contributed by atoms with E-state index in [1.807, 2.05) is 11.8 Å². The summed E-state index contributed by atoms with van der Waals surface area (Å²) in [6, 6.07) is 8.47. The standard InChI is InChI=1S/C16H24F2N2/c1-2-20(12-15-10-6-7-11-19-15)13-16(17,18)14-8-4-3-5-9-14/h3-5,8-9,15,19H,2,6-7,10-13H2,1H3. The van der Waals surface area contributed by atoms with Crippen molar-refractivity contribution in [1.82, 2.24) is 10.2 Å². The molecular formula is C16H24F2N2. The van der Waals surface area contributed by atoms with E-state index in [4.69, 9.17) is 0 Å². The Kier molecular flexibility index (Phi) is 5.49. The van der Waals surface area contributed by atoms with Gasteiger partial charge in [0.15, 0.2) is 0 Å². The third kappa shape index (κ3) is 4.25. The fourth-order valence-electron chi connectivity index (χ4n) is 2.75. The lowest BCUT2D eigenvalue weighted by Gasteiger charge is -2.32. The van der Waals surface area contributed by atoms with Crippen molar-refractivity contribution in [3.8, 4) is 0 Å². The maximum atomic E-state index is 14.3. The number of halogens is 2. The zero-order chi connectivity index (χ0) is 14.4. The smallest absolute Gasteiger partial charge is 0.285 e. The fraction of sp³-hybridized carbons (Fsp3) is 0.625. The SMILES string of the molecule is CCN(CC1CCCCN1)CC(F)(F)c1ccccc1. The lowest BCUT2D eigenvalue weighted by Crippen LogP contribution is -2.46. The molecule has 0 amide bonds. The molecule has 1 aliphatic rings. The molecule has 1 aromatic rings. The van der Waals surface area contributed by atoms with E-state index in [2.05, 4.69) is 5.32 Å². The Morgan fingerprint density at radius 1 is 1.25 bits per heavy atom. The number of alkyl halides is 2. The molecule has 1 aromatic carbocycles. The fourth-order valence-corrected chi connectivity index (χ4v) is 2.75. The van der Waals surface area contributed by atoms with Crippen molar-refractivity contribution >= 4 is 0 Å². The summed E-state index contributed by atoms with van der Waals surface area (Å²) in [5.74, 6) is -2.79. The Balaban J connectivity index is 1.94. The van der Waals surface area contributed by atoms with Gasteiger partial charge in [-0.15, -0.1) is 0 Å². The highest BCUT2D eigenvalue weighted by molar-refractivity contribution is 5.20. The predicted molar refractivity (Wildman–Crippen MR) is 78.1 cm³/mol. The van der Waals surface area contributed by atoms with Gasteiger partial charge in [0, 0.05) is 18.2 Å². The predicted octanol–water partition coefficient (Wildman–Crippen LogP) is 3.24. The van der Waals surface area contributed by atoms with Crippen LogP contribution in [0.3, 0.4) is 0 Å². The number of likely N-dealkylation sites (N-methyl/N-ethyl adjacent to an activating group) is 1. The van der Waals surface area contributed by atoms with E-state index in [0.717, 1.165) is 13.0 Å². The maximum absolute atomic E-state index is 14.3. The van der Waals surface area contributed by atoms with E-state index in [0.29, 0.717) is 19.1 Å². The summed E-state index contributed by atoms with van der Waals surface area (Å²) in [7, 11) is 0. The van der Waals surface area contributed by atoms with Crippen molar-refractivity contribution in [3.63, 3.8) is 0 Å². The van der Waals surface area contributed by atoms with E-state index in [-0.39, 0.29) is 12.1 Å². The van der Waals surface area contributed by atoms with Crippen LogP contribution >= 0.6 is 0 Å². The molecule has 1 unspecified atom stereocenters. The average molecular weight is 282 g/mol. The molecular weight excluding hydrogens is 258 g/mol. The summed E-state index contributed by atoms with van der Waals surface area (Å²) in [4.78, 5) is 1.86. The molecule has 1 atom stereocenters. The molecule has 1 saturated heterocycles. The highest BCUT2D eigenvalue weighted by atomic mass is 19.3. The lowest BCUT2D eigenvalue weighted by molar-refractivity contribution is -0.0389. The van der Waals surface area contributed by atoms with Crippen LogP contribution in [-0.2, 0) is 5.92 Å². The van der Waals surface area contributed by atoms with Crippen LogP contribution < -0.4 is 5.32 Å². The number of rotatable bonds is 6. The molecule has 0 bridgehead atoms. The molecule has 2 rings (SSSR count). The molecule has 1 aliphatic heterocycles. The minimum absolute atomic E-state index is 0.107. The van der Waals surface area contributed by atoms with Crippen LogP contribution in [-0.4, -0.2) is 37.1 Å². The number of nitrogens with one attached hydrogen (secondary N) is 1. The van der Waals surface area contributed by atoms with E-state index in [1.165, 1.54) is 25.0 Å². The average Bonchev–Trinajstić information content (AvgIpc) is 2.48. The van der Waals surface area contributed by atoms with Crippen molar-refractivity contribution < 1.29 is 8.78 Å². The highest BCUT2D eigenvalue weighted by Crippen LogP contribution is 2.28. The Bertz CT molecular complexity index is 389. The van der Waals surface area contributed by atoms with Crippen LogP contribution in [0.15, 0.2) is 30.3 Å². The van der Waals surface area contributed by atoms with Crippen LogP contribution in [0.25, 0.3) is 0 Å². The zero-order valence-corrected chi connectivity index (χ0v) is 12.1. The van der Waals surface area contributed by atoms with Crippen LogP contribution in [0.5, 0.6) is 0 Å². The summed E-state index contributed by atoms with van der Waals surface area (Å²) >= 11 is 0. The second-order valence-electron chi connectivity index (χ2n) is 5.55. The summed E-state index contributed by atoms with van der Waals surface area (Å²) in [6.07, 6.45) is 3.49. The first-order chi connectivity index (χ1) is 9.62. The molecule has 112 valence electrons. The minimum Gasteiger partial charge on any atom is -0.313 e. The summed E-state index contributed by atoms with van der Waals surface area (Å²) in [6.45, 7) is 4.12. The number of piperidine rings is 1. The van der Waals surface area contributed by atoms with Gasteiger partial charge in [-0.05, 0) is 25.9 Å². The molecule has 1 fully saturated rings. The Hall–Kier alpha value is -1.00. The molecule has 1 heterocycles.